The second-order valence-electron chi connectivity index (χ2n) is 4.84. The average Bonchev–Trinajstić information content (AvgIpc) is 3.17. The third-order valence-electron chi connectivity index (χ3n) is 3.37. The Labute approximate surface area is 122 Å². The van der Waals surface area contributed by atoms with Crippen LogP contribution in [0.1, 0.15) is 36.4 Å². The predicted octanol–water partition coefficient (Wildman–Crippen LogP) is 1.14. The van der Waals surface area contributed by atoms with E-state index in [1.165, 1.54) is 4.31 Å². The summed E-state index contributed by atoms with van der Waals surface area (Å²) in [6.07, 6.45) is 3.09. The van der Waals surface area contributed by atoms with Gasteiger partial charge in [-0.05, 0) is 25.0 Å². The van der Waals surface area contributed by atoms with Gasteiger partial charge in [0.25, 0.3) is 10.2 Å². The van der Waals surface area contributed by atoms with Crippen molar-refractivity contribution >= 4 is 10.2 Å². The molecule has 1 aliphatic heterocycles. The first kappa shape index (κ1) is 14.2. The molecule has 1 saturated heterocycles. The van der Waals surface area contributed by atoms with Crippen molar-refractivity contribution in [1.29, 1.82) is 0 Å². The zero-order chi connectivity index (χ0) is 14.9. The van der Waals surface area contributed by atoms with Crippen LogP contribution in [0.3, 0.4) is 0 Å². The molecule has 0 aliphatic carbocycles. The van der Waals surface area contributed by atoms with Gasteiger partial charge in [-0.3, -0.25) is 0 Å². The highest BCUT2D eigenvalue weighted by Gasteiger charge is 2.36. The Hall–Kier alpha value is -1.71. The van der Waals surface area contributed by atoms with E-state index >= 15 is 0 Å². The van der Waals surface area contributed by atoms with Crippen molar-refractivity contribution in [1.82, 2.24) is 19.2 Å². The highest BCUT2D eigenvalue weighted by atomic mass is 32.2. The minimum absolute atomic E-state index is 0.00104. The van der Waals surface area contributed by atoms with Gasteiger partial charge in [0.2, 0.25) is 5.89 Å². The number of nitrogens with zero attached hydrogens (tertiary/aromatic N) is 3. The topological polar surface area (TPSA) is 101 Å². The Morgan fingerprint density at radius 1 is 1.52 bits per heavy atom. The van der Waals surface area contributed by atoms with Gasteiger partial charge in [0.1, 0.15) is 5.76 Å². The Balaban J connectivity index is 1.71. The van der Waals surface area contributed by atoms with Crippen molar-refractivity contribution in [2.24, 2.45) is 0 Å². The first-order valence-corrected chi connectivity index (χ1v) is 8.09. The summed E-state index contributed by atoms with van der Waals surface area (Å²) in [6.45, 7) is 2.12. The van der Waals surface area contributed by atoms with Crippen LogP contribution in [0.2, 0.25) is 0 Å². The van der Waals surface area contributed by atoms with Gasteiger partial charge in [-0.25, -0.2) is 0 Å². The molecule has 1 aliphatic rings. The molecule has 0 aromatic carbocycles. The first-order chi connectivity index (χ1) is 10.1. The number of hydrogen-bond acceptors (Lipinski definition) is 6. The van der Waals surface area contributed by atoms with Gasteiger partial charge in [-0.15, -0.1) is 0 Å². The van der Waals surface area contributed by atoms with Crippen LogP contribution in [-0.2, 0) is 16.8 Å². The molecule has 114 valence electrons. The van der Waals surface area contributed by atoms with Crippen molar-refractivity contribution in [2.75, 3.05) is 6.54 Å². The van der Waals surface area contributed by atoms with Gasteiger partial charge in [-0.1, -0.05) is 5.16 Å². The monoisotopic (exact) mass is 312 g/mol. The summed E-state index contributed by atoms with van der Waals surface area (Å²) in [6, 6.07) is 3.29. The molecule has 3 rings (SSSR count). The molecule has 1 fully saturated rings. The lowest BCUT2D eigenvalue weighted by Gasteiger charge is -2.22. The summed E-state index contributed by atoms with van der Waals surface area (Å²) in [4.78, 5) is 3.97. The standard InChI is InChI=1S/C12H16N4O4S/c1-9-14-12(15-20-9)8-13-21(17,18)16-6-2-4-10(16)11-5-3-7-19-11/h3,5,7,10,13H,2,4,6,8H2,1H3/t10-/m1/s1. The first-order valence-electron chi connectivity index (χ1n) is 6.65. The van der Waals surface area contributed by atoms with Gasteiger partial charge in [0.05, 0.1) is 18.8 Å². The molecule has 0 spiro atoms. The molecular weight excluding hydrogens is 296 g/mol. The van der Waals surface area contributed by atoms with Gasteiger partial charge < -0.3 is 8.94 Å². The Morgan fingerprint density at radius 3 is 3.05 bits per heavy atom. The lowest BCUT2D eigenvalue weighted by molar-refractivity contribution is 0.335. The quantitative estimate of drug-likeness (QED) is 0.888. The predicted molar refractivity (Wildman–Crippen MR) is 72.2 cm³/mol. The highest BCUT2D eigenvalue weighted by Crippen LogP contribution is 2.33. The summed E-state index contributed by atoms with van der Waals surface area (Å²) in [5.41, 5.74) is 0. The van der Waals surface area contributed by atoms with E-state index in [1.807, 2.05) is 0 Å². The fourth-order valence-corrected chi connectivity index (χ4v) is 3.84. The number of aromatic nitrogens is 2. The molecule has 1 atom stereocenters. The summed E-state index contributed by atoms with van der Waals surface area (Å²) in [7, 11) is -3.62. The molecule has 0 unspecified atom stereocenters. The van der Waals surface area contributed by atoms with Gasteiger partial charge in [0.15, 0.2) is 5.82 Å². The van der Waals surface area contributed by atoms with Crippen LogP contribution < -0.4 is 4.72 Å². The Morgan fingerprint density at radius 2 is 2.38 bits per heavy atom. The van der Waals surface area contributed by atoms with Crippen LogP contribution in [0.4, 0.5) is 0 Å². The van der Waals surface area contributed by atoms with E-state index in [4.69, 9.17) is 8.94 Å². The number of nitrogens with one attached hydrogen (secondary N) is 1. The van der Waals surface area contributed by atoms with Crippen LogP contribution in [0.25, 0.3) is 0 Å². The SMILES string of the molecule is Cc1nc(CNS(=O)(=O)N2CCC[C@@H]2c2ccco2)no1. The lowest BCUT2D eigenvalue weighted by atomic mass is 10.2. The maximum Gasteiger partial charge on any atom is 0.280 e. The van der Waals surface area contributed by atoms with Crippen LogP contribution in [0, 0.1) is 6.92 Å². The zero-order valence-corrected chi connectivity index (χ0v) is 12.3. The number of rotatable bonds is 5. The largest absolute Gasteiger partial charge is 0.468 e. The van der Waals surface area contributed by atoms with E-state index in [1.54, 1.807) is 25.3 Å². The lowest BCUT2D eigenvalue weighted by Crippen LogP contribution is -2.40. The molecule has 2 aromatic heterocycles. The molecular formula is C12H16N4O4S. The van der Waals surface area contributed by atoms with Crippen molar-refractivity contribution in [3.05, 3.63) is 35.9 Å². The molecule has 21 heavy (non-hydrogen) atoms. The van der Waals surface area contributed by atoms with E-state index < -0.39 is 10.2 Å². The number of furan rings is 1. The molecule has 0 saturated carbocycles. The van der Waals surface area contributed by atoms with E-state index in [-0.39, 0.29) is 12.6 Å². The van der Waals surface area contributed by atoms with Gasteiger partial charge in [0, 0.05) is 13.5 Å². The van der Waals surface area contributed by atoms with E-state index in [0.29, 0.717) is 24.0 Å². The minimum Gasteiger partial charge on any atom is -0.468 e. The third kappa shape index (κ3) is 2.99. The third-order valence-corrected chi connectivity index (χ3v) is 4.93. The minimum atomic E-state index is -3.62. The molecule has 0 amide bonds. The maximum absolute atomic E-state index is 12.4. The molecule has 1 N–H and O–H groups in total. The summed E-state index contributed by atoms with van der Waals surface area (Å²) in [5.74, 6) is 1.37. The molecule has 0 radical (unpaired) electrons. The Bertz CT molecular complexity index is 695. The zero-order valence-electron chi connectivity index (χ0n) is 11.5. The van der Waals surface area contributed by atoms with E-state index in [9.17, 15) is 8.42 Å². The summed E-state index contributed by atoms with van der Waals surface area (Å²) >= 11 is 0. The molecule has 3 heterocycles. The van der Waals surface area contributed by atoms with Crippen molar-refractivity contribution in [2.45, 2.75) is 32.4 Å². The van der Waals surface area contributed by atoms with Crippen LogP contribution >= 0.6 is 0 Å². The van der Waals surface area contributed by atoms with Gasteiger partial charge in [-0.2, -0.15) is 22.4 Å². The molecule has 0 bridgehead atoms. The average molecular weight is 312 g/mol. The van der Waals surface area contributed by atoms with Crippen LogP contribution in [0.5, 0.6) is 0 Å². The highest BCUT2D eigenvalue weighted by molar-refractivity contribution is 7.87. The summed E-state index contributed by atoms with van der Waals surface area (Å²) in [5, 5.41) is 3.66. The fraction of sp³-hybridized carbons (Fsp3) is 0.500. The molecule has 2 aromatic rings. The van der Waals surface area contributed by atoms with Gasteiger partial charge >= 0.3 is 0 Å². The molecule has 8 nitrogen and oxygen atoms in total. The van der Waals surface area contributed by atoms with Crippen LogP contribution in [0.15, 0.2) is 27.3 Å². The number of hydrogen-bond donors (Lipinski definition) is 1. The van der Waals surface area contributed by atoms with Crippen molar-refractivity contribution in [3.63, 3.8) is 0 Å². The van der Waals surface area contributed by atoms with Crippen molar-refractivity contribution < 1.29 is 17.4 Å². The van der Waals surface area contributed by atoms with E-state index in [0.717, 1.165) is 12.8 Å². The summed E-state index contributed by atoms with van der Waals surface area (Å²) < 4.78 is 38.9. The smallest absolute Gasteiger partial charge is 0.280 e. The second-order valence-corrected chi connectivity index (χ2v) is 6.55. The number of aryl methyl sites for hydroxylation is 1. The fourth-order valence-electron chi connectivity index (χ4n) is 2.44. The Kier molecular flexibility index (Phi) is 3.79. The van der Waals surface area contributed by atoms with Crippen LogP contribution in [-0.4, -0.2) is 29.4 Å². The maximum atomic E-state index is 12.4. The molecule has 9 heteroatoms. The van der Waals surface area contributed by atoms with Crippen molar-refractivity contribution in [3.8, 4) is 0 Å². The second kappa shape index (κ2) is 5.58. The normalized spacial score (nSPS) is 20.1. The van der Waals surface area contributed by atoms with E-state index in [2.05, 4.69) is 14.9 Å².